The molecule has 1 N–H and O–H groups in total. The van der Waals surface area contributed by atoms with E-state index in [-0.39, 0.29) is 0 Å². The van der Waals surface area contributed by atoms with Gasteiger partial charge >= 0.3 is 0 Å². The van der Waals surface area contributed by atoms with Crippen LogP contribution in [0.1, 0.15) is 31.4 Å². The van der Waals surface area contributed by atoms with Crippen LogP contribution in [-0.2, 0) is 0 Å². The number of hydrogen-bond acceptors (Lipinski definition) is 3. The molecule has 3 heteroatoms. The van der Waals surface area contributed by atoms with E-state index in [9.17, 15) is 0 Å². The lowest BCUT2D eigenvalue weighted by Crippen LogP contribution is -2.34. The van der Waals surface area contributed by atoms with Gasteiger partial charge in [-0.1, -0.05) is 25.1 Å². The van der Waals surface area contributed by atoms with Crippen molar-refractivity contribution in [2.75, 3.05) is 11.5 Å². The van der Waals surface area contributed by atoms with Gasteiger partial charge in [-0.2, -0.15) is 11.8 Å². The van der Waals surface area contributed by atoms with Crippen molar-refractivity contribution in [3.05, 3.63) is 29.8 Å². The van der Waals surface area contributed by atoms with Crippen molar-refractivity contribution in [2.24, 2.45) is 0 Å². The van der Waals surface area contributed by atoms with Crippen LogP contribution in [0.3, 0.4) is 0 Å². The number of nitrogens with one attached hydrogen (secondary N) is 1. The summed E-state index contributed by atoms with van der Waals surface area (Å²) >= 11 is 4.11. The molecule has 92 valence electrons. The van der Waals surface area contributed by atoms with Gasteiger partial charge in [-0.3, -0.25) is 0 Å². The van der Waals surface area contributed by atoms with Crippen LogP contribution in [0, 0.1) is 0 Å². The minimum atomic E-state index is 0.586. The second-order valence-corrected chi connectivity index (χ2v) is 7.58. The number of thioether (sulfide) groups is 2. The highest BCUT2D eigenvalue weighted by molar-refractivity contribution is 8.00. The third kappa shape index (κ3) is 2.67. The molecule has 2 heterocycles. The van der Waals surface area contributed by atoms with Gasteiger partial charge in [-0.15, -0.1) is 11.8 Å². The van der Waals surface area contributed by atoms with Crippen molar-refractivity contribution in [1.82, 2.24) is 5.32 Å². The Morgan fingerprint density at radius 2 is 2.18 bits per heavy atom. The highest BCUT2D eigenvalue weighted by Crippen LogP contribution is 2.37. The first kappa shape index (κ1) is 11.9. The molecule has 1 saturated heterocycles. The second-order valence-electron chi connectivity index (χ2n) is 4.97. The van der Waals surface area contributed by atoms with Gasteiger partial charge in [0, 0.05) is 28.0 Å². The standard InChI is InChI=1S/C14H19NS2/c1-10-8-11(9-17-10)15-13-6-7-16-14-5-3-2-4-12(13)14/h2-5,10-11,13,15H,6-9H2,1H3. The maximum absolute atomic E-state index is 3.87. The Labute approximate surface area is 112 Å². The topological polar surface area (TPSA) is 12.0 Å². The minimum Gasteiger partial charge on any atom is -0.306 e. The van der Waals surface area contributed by atoms with Crippen LogP contribution in [0.25, 0.3) is 0 Å². The molecule has 3 atom stereocenters. The van der Waals surface area contributed by atoms with Crippen molar-refractivity contribution < 1.29 is 0 Å². The molecule has 17 heavy (non-hydrogen) atoms. The Hall–Kier alpha value is -0.120. The molecule has 2 aliphatic rings. The molecule has 0 radical (unpaired) electrons. The molecule has 0 saturated carbocycles. The maximum atomic E-state index is 3.87. The lowest BCUT2D eigenvalue weighted by Gasteiger charge is -2.28. The van der Waals surface area contributed by atoms with Crippen LogP contribution in [-0.4, -0.2) is 22.8 Å². The van der Waals surface area contributed by atoms with Crippen LogP contribution in [0.5, 0.6) is 0 Å². The summed E-state index contributed by atoms with van der Waals surface area (Å²) in [6, 6.07) is 10.2. The van der Waals surface area contributed by atoms with E-state index in [2.05, 4.69) is 48.3 Å². The second kappa shape index (κ2) is 5.25. The summed E-state index contributed by atoms with van der Waals surface area (Å²) in [5.41, 5.74) is 1.52. The third-order valence-electron chi connectivity index (χ3n) is 3.59. The van der Waals surface area contributed by atoms with Gasteiger partial charge in [0.25, 0.3) is 0 Å². The Kier molecular flexibility index (Phi) is 3.69. The lowest BCUT2D eigenvalue weighted by atomic mass is 10.0. The fraction of sp³-hybridized carbons (Fsp3) is 0.571. The predicted molar refractivity (Wildman–Crippen MR) is 78.0 cm³/mol. The summed E-state index contributed by atoms with van der Waals surface area (Å²) in [5.74, 6) is 2.54. The number of fused-ring (bicyclic) bond motifs is 1. The number of benzene rings is 1. The Bertz CT molecular complexity index is 394. The van der Waals surface area contributed by atoms with Gasteiger partial charge < -0.3 is 5.32 Å². The van der Waals surface area contributed by atoms with Crippen molar-refractivity contribution >= 4 is 23.5 Å². The zero-order chi connectivity index (χ0) is 11.7. The Morgan fingerprint density at radius 3 is 3.00 bits per heavy atom. The Morgan fingerprint density at radius 1 is 1.29 bits per heavy atom. The molecule has 3 unspecified atom stereocenters. The van der Waals surface area contributed by atoms with E-state index in [0.29, 0.717) is 6.04 Å². The largest absolute Gasteiger partial charge is 0.306 e. The normalized spacial score (nSPS) is 32.4. The summed E-state index contributed by atoms with van der Waals surface area (Å²) < 4.78 is 0. The van der Waals surface area contributed by atoms with Gasteiger partial charge in [0.1, 0.15) is 0 Å². The lowest BCUT2D eigenvalue weighted by molar-refractivity contribution is 0.436. The molecule has 1 aromatic carbocycles. The van der Waals surface area contributed by atoms with Crippen molar-refractivity contribution in [1.29, 1.82) is 0 Å². The van der Waals surface area contributed by atoms with Gasteiger partial charge in [-0.05, 0) is 30.2 Å². The van der Waals surface area contributed by atoms with Crippen molar-refractivity contribution in [2.45, 2.75) is 42.0 Å². The SMILES string of the molecule is CC1CC(NC2CCSc3ccccc32)CS1. The van der Waals surface area contributed by atoms with Crippen LogP contribution in [0.4, 0.5) is 0 Å². The number of hydrogen-bond donors (Lipinski definition) is 1. The molecule has 1 nitrogen and oxygen atoms in total. The van der Waals surface area contributed by atoms with E-state index in [1.54, 1.807) is 0 Å². The zero-order valence-electron chi connectivity index (χ0n) is 10.2. The summed E-state index contributed by atoms with van der Waals surface area (Å²) in [6.07, 6.45) is 2.60. The average Bonchev–Trinajstić information content (AvgIpc) is 2.75. The van der Waals surface area contributed by atoms with Crippen molar-refractivity contribution in [3.8, 4) is 0 Å². The first-order chi connectivity index (χ1) is 8.33. The van der Waals surface area contributed by atoms with E-state index in [0.717, 1.165) is 11.3 Å². The quantitative estimate of drug-likeness (QED) is 0.875. The van der Waals surface area contributed by atoms with Crippen LogP contribution in [0.2, 0.25) is 0 Å². The van der Waals surface area contributed by atoms with E-state index in [4.69, 9.17) is 0 Å². The average molecular weight is 265 g/mol. The van der Waals surface area contributed by atoms with Crippen LogP contribution in [0.15, 0.2) is 29.2 Å². The molecule has 0 aromatic heterocycles. The van der Waals surface area contributed by atoms with Crippen molar-refractivity contribution in [3.63, 3.8) is 0 Å². The van der Waals surface area contributed by atoms with E-state index in [1.165, 1.54) is 34.8 Å². The molecule has 1 fully saturated rings. The summed E-state index contributed by atoms with van der Waals surface area (Å²) in [7, 11) is 0. The molecule has 0 amide bonds. The fourth-order valence-electron chi connectivity index (χ4n) is 2.73. The molecule has 3 rings (SSSR count). The molecular formula is C14H19NS2. The minimum absolute atomic E-state index is 0.586. The Balaban J connectivity index is 1.72. The summed E-state index contributed by atoms with van der Waals surface area (Å²) in [6.45, 7) is 2.34. The van der Waals surface area contributed by atoms with Crippen LogP contribution >= 0.6 is 23.5 Å². The van der Waals surface area contributed by atoms with Gasteiger partial charge in [0.2, 0.25) is 0 Å². The molecule has 0 spiro atoms. The maximum Gasteiger partial charge on any atom is 0.0342 e. The van der Waals surface area contributed by atoms with Gasteiger partial charge in [0.15, 0.2) is 0 Å². The zero-order valence-corrected chi connectivity index (χ0v) is 11.8. The summed E-state index contributed by atoms with van der Waals surface area (Å²) in [5, 5.41) is 4.70. The number of rotatable bonds is 2. The third-order valence-corrected chi connectivity index (χ3v) is 6.07. The highest BCUT2D eigenvalue weighted by Gasteiger charge is 2.27. The van der Waals surface area contributed by atoms with E-state index >= 15 is 0 Å². The van der Waals surface area contributed by atoms with E-state index < -0.39 is 0 Å². The predicted octanol–water partition coefficient (Wildman–Crippen LogP) is 3.71. The summed E-state index contributed by atoms with van der Waals surface area (Å²) in [4.78, 5) is 1.48. The molecule has 1 aromatic rings. The molecule has 0 bridgehead atoms. The molecular weight excluding hydrogens is 246 g/mol. The first-order valence-corrected chi connectivity index (χ1v) is 8.46. The van der Waals surface area contributed by atoms with Crippen LogP contribution < -0.4 is 5.32 Å². The molecule has 0 aliphatic carbocycles. The monoisotopic (exact) mass is 265 g/mol. The first-order valence-electron chi connectivity index (χ1n) is 6.42. The highest BCUT2D eigenvalue weighted by atomic mass is 32.2. The molecule has 2 aliphatic heterocycles. The van der Waals surface area contributed by atoms with E-state index in [1.807, 2.05) is 11.8 Å². The smallest absolute Gasteiger partial charge is 0.0342 e. The fourth-order valence-corrected chi connectivity index (χ4v) is 5.02. The van der Waals surface area contributed by atoms with Gasteiger partial charge in [-0.25, -0.2) is 0 Å². The van der Waals surface area contributed by atoms with Gasteiger partial charge in [0.05, 0.1) is 0 Å².